The summed E-state index contributed by atoms with van der Waals surface area (Å²) in [5, 5.41) is 1.67. The third-order valence-corrected chi connectivity index (χ3v) is 10.1. The number of hydrogen-bond donors (Lipinski definition) is 0. The van der Waals surface area contributed by atoms with Crippen LogP contribution in [0.5, 0.6) is 11.5 Å². The number of nitrogens with zero attached hydrogens (tertiary/aromatic N) is 5. The molecule has 0 amide bonds. The number of para-hydroxylation sites is 4. The van der Waals surface area contributed by atoms with Crippen molar-refractivity contribution in [2.75, 3.05) is 0 Å². The molecule has 0 saturated carbocycles. The number of hydrogen-bond acceptors (Lipinski definition) is 3. The smallest absolute Gasteiger partial charge is 0.268 e. The van der Waals surface area contributed by atoms with Gasteiger partial charge in [-0.1, -0.05) is 174 Å². The van der Waals surface area contributed by atoms with Crippen molar-refractivity contribution in [3.05, 3.63) is 194 Å². The molecule has 6 aromatic carbocycles. The van der Waals surface area contributed by atoms with Gasteiger partial charge in [0.2, 0.25) is 0 Å². The summed E-state index contributed by atoms with van der Waals surface area (Å²) in [5.74, 6) is 0.508. The Hall–Kier alpha value is -6.62. The molecular weight excluding hydrogens is 966 g/mol. The van der Waals surface area contributed by atoms with Crippen LogP contribution in [-0.4, -0.2) is 19.1 Å². The first-order valence-electron chi connectivity index (χ1n) is 27.4. The Bertz CT molecular complexity index is 3940. The van der Waals surface area contributed by atoms with E-state index >= 15 is 0 Å². The van der Waals surface area contributed by atoms with Crippen LogP contribution in [-0.2, 0) is 33.8 Å². The van der Waals surface area contributed by atoms with Crippen molar-refractivity contribution < 1.29 is 49.6 Å². The molecule has 0 atom stereocenters. The van der Waals surface area contributed by atoms with Gasteiger partial charge in [0.05, 0.1) is 30.4 Å². The van der Waals surface area contributed by atoms with E-state index in [9.17, 15) is 2.74 Å². The second kappa shape index (κ2) is 17.2. The van der Waals surface area contributed by atoms with Crippen LogP contribution in [0.15, 0.2) is 164 Å². The number of benzene rings is 6. The molecule has 0 aliphatic carbocycles. The summed E-state index contributed by atoms with van der Waals surface area (Å²) in [7, 11) is 0. The van der Waals surface area contributed by atoms with Crippen molar-refractivity contribution >= 4 is 32.8 Å². The number of imidazole rings is 1. The van der Waals surface area contributed by atoms with Crippen molar-refractivity contribution in [2.45, 2.75) is 54.3 Å². The van der Waals surface area contributed by atoms with Gasteiger partial charge >= 0.3 is 0 Å². The number of fused-ring (bicyclic) bond motifs is 4. The largest absolute Gasteiger partial charge is 0.508 e. The van der Waals surface area contributed by atoms with Gasteiger partial charge < -0.3 is 18.9 Å². The minimum absolute atomic E-state index is 0. The van der Waals surface area contributed by atoms with Gasteiger partial charge in [0.25, 0.3) is 6.33 Å². The van der Waals surface area contributed by atoms with E-state index in [-0.39, 0.29) is 71.9 Å². The zero-order chi connectivity index (χ0) is 55.6. The van der Waals surface area contributed by atoms with E-state index in [1.165, 1.54) is 29.0 Å². The van der Waals surface area contributed by atoms with Crippen molar-refractivity contribution in [2.24, 2.45) is 10.8 Å². The molecule has 6 nitrogen and oxygen atoms in total. The van der Waals surface area contributed by atoms with E-state index < -0.39 is 84.0 Å². The monoisotopic (exact) mass is 1030 g/mol. The third-order valence-electron chi connectivity index (χ3n) is 10.1. The van der Waals surface area contributed by atoms with Gasteiger partial charge in [0, 0.05) is 49.8 Å². The zero-order valence-corrected chi connectivity index (χ0v) is 38.0. The minimum atomic E-state index is -2.13. The molecule has 0 aliphatic heterocycles. The Balaban J connectivity index is 0.00000740. The topological polar surface area (TPSA) is 48.8 Å². The van der Waals surface area contributed by atoms with E-state index in [1.54, 1.807) is 74.0 Å². The van der Waals surface area contributed by atoms with Crippen LogP contribution in [0, 0.1) is 29.3 Å². The third kappa shape index (κ3) is 8.43. The minimum Gasteiger partial charge on any atom is -0.508 e. The van der Waals surface area contributed by atoms with E-state index in [0.29, 0.717) is 27.9 Å². The molecule has 320 valence electrons. The van der Waals surface area contributed by atoms with Crippen molar-refractivity contribution in [1.29, 1.82) is 0 Å². The van der Waals surface area contributed by atoms with Gasteiger partial charge in [-0.05, 0) is 86.4 Å². The van der Waals surface area contributed by atoms with Crippen molar-refractivity contribution in [1.82, 2.24) is 19.1 Å². The predicted octanol–water partition coefficient (Wildman–Crippen LogP) is 13.5. The first kappa shape index (κ1) is 28.9. The van der Waals surface area contributed by atoms with Gasteiger partial charge in [-0.15, -0.1) is 23.6 Å². The van der Waals surface area contributed by atoms with E-state index in [2.05, 4.69) is 18.5 Å². The quantitative estimate of drug-likeness (QED) is 0.107. The van der Waals surface area contributed by atoms with Crippen LogP contribution in [0.2, 0.25) is 0 Å². The second-order valence-corrected chi connectivity index (χ2v) is 17.1. The van der Waals surface area contributed by atoms with E-state index in [0.717, 1.165) is 16.3 Å². The molecule has 4 heterocycles. The molecule has 0 saturated heterocycles. The maximum Gasteiger partial charge on any atom is 0.268 e. The Morgan fingerprint density at radius 3 is 2.03 bits per heavy atom. The normalized spacial score (nSPS) is 15.5. The summed E-state index contributed by atoms with van der Waals surface area (Å²) in [5.41, 5.74) is 0.750. The van der Waals surface area contributed by atoms with Gasteiger partial charge in [0.1, 0.15) is 5.82 Å². The molecule has 0 bridgehead atoms. The molecule has 0 unspecified atom stereocenters. The van der Waals surface area contributed by atoms with Crippen molar-refractivity contribution in [3.63, 3.8) is 0 Å². The maximum absolute atomic E-state index is 9.47. The Labute approximate surface area is 409 Å². The van der Waals surface area contributed by atoms with E-state index in [4.69, 9.17) is 31.2 Å². The van der Waals surface area contributed by atoms with Gasteiger partial charge in [0.15, 0.2) is 0 Å². The Morgan fingerprint density at radius 2 is 1.34 bits per heavy atom. The van der Waals surface area contributed by atoms with Crippen LogP contribution in [0.3, 0.4) is 0 Å². The molecule has 0 fully saturated rings. The Morgan fingerprint density at radius 1 is 0.688 bits per heavy atom. The van der Waals surface area contributed by atoms with Gasteiger partial charge in [-0.3, -0.25) is 4.57 Å². The summed E-state index contributed by atoms with van der Waals surface area (Å²) < 4.78 is 136. The molecule has 64 heavy (non-hydrogen) atoms. The fraction of sp³-hybridized carbons (Fsp3) is 0.175. The predicted molar refractivity (Wildman–Crippen MR) is 255 cm³/mol. The van der Waals surface area contributed by atoms with Crippen LogP contribution in [0.4, 0.5) is 0 Å². The molecule has 4 aromatic heterocycles. The van der Waals surface area contributed by atoms with Crippen LogP contribution in [0.25, 0.3) is 72.3 Å². The average Bonchev–Trinajstić information content (AvgIpc) is 3.95. The van der Waals surface area contributed by atoms with Crippen LogP contribution in [0.1, 0.15) is 72.0 Å². The molecule has 0 N–H and O–H groups in total. The summed E-state index contributed by atoms with van der Waals surface area (Å²) in [6.45, 7) is 10.7. The molecule has 10 rings (SSSR count). The standard InChI is InChI=1S/C57H49N5O.Pt/c1-56(2,3)35-39-30-31-58-54(32-39)62-49-25-14-13-22-46(49)47-29-28-43(34-52(47)62)63-53-33-42(37-59-48(53)36-57(4,5)6)60-38-61(51-27-16-15-26-50(51)60)55-44(40-18-9-7-10-19-40)23-17-24-45(55)41-20-11-8-12-21-41;/h7-32,37H,35-36H2,1-6H3;/q-2;/i7D,8D,9D,10D,11D,12D,18D,19D,20D,21D,35D2,36D2;. The molecule has 10 aromatic rings. The summed E-state index contributed by atoms with van der Waals surface area (Å²) >= 11 is 0. The molecular formula is C57H49N5OPt-2. The molecule has 0 radical (unpaired) electrons. The fourth-order valence-electron chi connectivity index (χ4n) is 7.72. The number of pyridine rings is 2. The summed E-state index contributed by atoms with van der Waals surface area (Å²) in [4.78, 5) is 9.48. The first-order valence-corrected chi connectivity index (χ1v) is 20.4. The average molecular weight is 1030 g/mol. The molecule has 0 spiro atoms. The van der Waals surface area contributed by atoms with Crippen LogP contribution < -0.4 is 9.30 Å². The summed E-state index contributed by atoms with van der Waals surface area (Å²) in [6, 6.07) is 27.2. The summed E-state index contributed by atoms with van der Waals surface area (Å²) in [6.07, 6.45) is 2.48. The Kier molecular flexibility index (Phi) is 7.76. The fourth-order valence-corrected chi connectivity index (χ4v) is 7.72. The number of ether oxygens (including phenoxy) is 1. The molecule has 0 aliphatic rings. The van der Waals surface area contributed by atoms with Gasteiger partial charge in [-0.25, -0.2) is 4.98 Å². The first-order chi connectivity index (χ1) is 36.2. The van der Waals surface area contributed by atoms with Gasteiger partial charge in [-0.2, -0.15) is 6.07 Å². The molecule has 7 heteroatoms. The van der Waals surface area contributed by atoms with E-state index in [1.807, 2.05) is 55.7 Å². The zero-order valence-electron chi connectivity index (χ0n) is 49.8. The maximum atomic E-state index is 9.47. The SMILES string of the molecule is [2H]c1c([2H])c([2H])c(-c2cccc(-c3c([2H])c([2H])c([2H])c([2H])c3[2H])c2-[n+]2[c-]n(-c3[c-]c(Oc4[c-]c5c(cc4)c4ccccc4n5-c4cc(C([2H])([2H])C(C)(C)C)ccn4)c(C([2H])([2H])C(C)(C)C)nc3)c3ccccc32)c([2H])c1[2H].[Pt]. The van der Waals surface area contributed by atoms with Crippen LogP contribution >= 0.6 is 0 Å². The second-order valence-electron chi connectivity index (χ2n) is 17.1. The number of rotatable bonds is 9. The number of aromatic nitrogens is 5. The van der Waals surface area contributed by atoms with Crippen molar-refractivity contribution in [3.8, 4) is 50.9 Å².